The van der Waals surface area contributed by atoms with Gasteiger partial charge >= 0.3 is 0 Å². The van der Waals surface area contributed by atoms with E-state index >= 15 is 0 Å². The second-order valence-electron chi connectivity index (χ2n) is 17.1. The lowest BCUT2D eigenvalue weighted by Crippen LogP contribution is -2.31. The standard InChI is InChI=1S/C52H43N5/c1-31-27-29-34(30-28-31)49-53-48(33-17-8-7-9-18-33)54-50(55-49)57-41-25-15-12-21-37(41)43-35-19-10-11-20-36(35)46-44(47(43)57)38-22-13-14-24-40(38)56(46)42-26-16-23-39-45(42)52(5,6)32(2)51(39,3)4/h7-30,32H,1-6H3. The maximum Gasteiger partial charge on any atom is 0.238 e. The molecule has 7 aromatic carbocycles. The van der Waals surface area contributed by atoms with E-state index in [-0.39, 0.29) is 10.8 Å². The Labute approximate surface area is 332 Å². The fourth-order valence-electron chi connectivity index (χ4n) is 10.2. The van der Waals surface area contributed by atoms with Crippen molar-refractivity contribution in [1.29, 1.82) is 0 Å². The molecule has 1 aliphatic carbocycles. The maximum absolute atomic E-state index is 5.36. The lowest BCUT2D eigenvalue weighted by atomic mass is 9.71. The predicted molar refractivity (Wildman–Crippen MR) is 237 cm³/mol. The van der Waals surface area contributed by atoms with Gasteiger partial charge in [0, 0.05) is 38.1 Å². The van der Waals surface area contributed by atoms with Crippen molar-refractivity contribution >= 4 is 54.4 Å². The average Bonchev–Trinajstić information content (AvgIpc) is 3.81. The van der Waals surface area contributed by atoms with E-state index in [1.165, 1.54) is 65.7 Å². The smallest absolute Gasteiger partial charge is 0.238 e. The molecule has 276 valence electrons. The molecule has 0 saturated carbocycles. The van der Waals surface area contributed by atoms with Crippen LogP contribution in [0.4, 0.5) is 0 Å². The second-order valence-corrected chi connectivity index (χ2v) is 17.1. The van der Waals surface area contributed by atoms with Crippen LogP contribution in [0, 0.1) is 12.8 Å². The molecule has 10 aromatic rings. The van der Waals surface area contributed by atoms with Gasteiger partial charge in [-0.3, -0.25) is 4.57 Å². The Kier molecular flexibility index (Phi) is 7.07. The van der Waals surface area contributed by atoms with Gasteiger partial charge < -0.3 is 4.57 Å². The van der Waals surface area contributed by atoms with Crippen LogP contribution in [-0.4, -0.2) is 24.1 Å². The van der Waals surface area contributed by atoms with Gasteiger partial charge in [0.1, 0.15) is 0 Å². The van der Waals surface area contributed by atoms with Crippen molar-refractivity contribution in [2.24, 2.45) is 5.92 Å². The van der Waals surface area contributed by atoms with Crippen molar-refractivity contribution < 1.29 is 0 Å². The highest BCUT2D eigenvalue weighted by atomic mass is 15.2. The van der Waals surface area contributed by atoms with Gasteiger partial charge in [-0.15, -0.1) is 0 Å². The van der Waals surface area contributed by atoms with E-state index in [9.17, 15) is 0 Å². The number of fused-ring (bicyclic) bond motifs is 11. The number of para-hydroxylation sites is 2. The normalized spacial score (nSPS) is 16.0. The lowest BCUT2D eigenvalue weighted by Gasteiger charge is -2.33. The summed E-state index contributed by atoms with van der Waals surface area (Å²) in [6.45, 7) is 14.2. The summed E-state index contributed by atoms with van der Waals surface area (Å²) in [6.07, 6.45) is 0. The number of hydrogen-bond acceptors (Lipinski definition) is 3. The van der Waals surface area contributed by atoms with Gasteiger partial charge in [-0.25, -0.2) is 4.98 Å². The fraction of sp³-hybridized carbons (Fsp3) is 0.173. The third-order valence-corrected chi connectivity index (χ3v) is 13.4. The van der Waals surface area contributed by atoms with Crippen LogP contribution in [0.5, 0.6) is 0 Å². The summed E-state index contributed by atoms with van der Waals surface area (Å²) < 4.78 is 4.89. The highest BCUT2D eigenvalue weighted by Gasteiger charge is 2.50. The molecule has 0 aliphatic heterocycles. The molecule has 0 spiro atoms. The summed E-state index contributed by atoms with van der Waals surface area (Å²) in [5.41, 5.74) is 11.7. The quantitative estimate of drug-likeness (QED) is 0.181. The summed E-state index contributed by atoms with van der Waals surface area (Å²) in [6, 6.07) is 52.3. The summed E-state index contributed by atoms with van der Waals surface area (Å²) in [4.78, 5) is 15.8. The van der Waals surface area contributed by atoms with E-state index in [1.807, 2.05) is 18.2 Å². The molecular formula is C52H43N5. The number of rotatable bonds is 4. The van der Waals surface area contributed by atoms with Crippen molar-refractivity contribution in [1.82, 2.24) is 24.1 Å². The van der Waals surface area contributed by atoms with E-state index in [0.29, 0.717) is 23.5 Å². The first kappa shape index (κ1) is 33.7. The molecule has 57 heavy (non-hydrogen) atoms. The van der Waals surface area contributed by atoms with E-state index in [4.69, 9.17) is 15.0 Å². The van der Waals surface area contributed by atoms with Crippen LogP contribution >= 0.6 is 0 Å². The number of aromatic nitrogens is 5. The third kappa shape index (κ3) is 4.66. The van der Waals surface area contributed by atoms with E-state index < -0.39 is 0 Å². The minimum atomic E-state index is -0.0486. The number of nitrogens with zero attached hydrogens (tertiary/aromatic N) is 5. The molecule has 0 fully saturated rings. The van der Waals surface area contributed by atoms with Crippen molar-refractivity contribution in [3.8, 4) is 34.4 Å². The Hall–Kier alpha value is -6.59. The Morgan fingerprint density at radius 3 is 1.72 bits per heavy atom. The Bertz CT molecular complexity index is 3250. The minimum absolute atomic E-state index is 0.0274. The summed E-state index contributed by atoms with van der Waals surface area (Å²) in [7, 11) is 0. The van der Waals surface area contributed by atoms with Crippen LogP contribution in [0.3, 0.4) is 0 Å². The zero-order valence-corrected chi connectivity index (χ0v) is 33.2. The first-order valence-electron chi connectivity index (χ1n) is 20.0. The maximum atomic E-state index is 5.36. The zero-order chi connectivity index (χ0) is 38.8. The van der Waals surface area contributed by atoms with Crippen LogP contribution in [0.25, 0.3) is 88.8 Å². The van der Waals surface area contributed by atoms with Gasteiger partial charge in [0.05, 0.1) is 27.8 Å². The Morgan fingerprint density at radius 1 is 0.474 bits per heavy atom. The molecule has 1 atom stereocenters. The highest BCUT2D eigenvalue weighted by Crippen LogP contribution is 2.56. The van der Waals surface area contributed by atoms with Crippen molar-refractivity contribution in [3.63, 3.8) is 0 Å². The third-order valence-electron chi connectivity index (χ3n) is 13.4. The van der Waals surface area contributed by atoms with Crippen LogP contribution < -0.4 is 0 Å². The Balaban J connectivity index is 1.35. The SMILES string of the molecule is Cc1ccc(-c2nc(-c3ccccc3)nc(-n3c4ccccc4c4c5ccccc5c5c(c6ccccc6n5-c5cccc6c5C(C)(C)C(C)C6(C)C)c43)n2)cc1. The average molecular weight is 738 g/mol. The topological polar surface area (TPSA) is 48.5 Å². The van der Waals surface area contributed by atoms with Gasteiger partial charge in [0.2, 0.25) is 5.95 Å². The molecule has 5 nitrogen and oxygen atoms in total. The largest absolute Gasteiger partial charge is 0.308 e. The van der Waals surface area contributed by atoms with E-state index in [0.717, 1.165) is 22.2 Å². The molecule has 0 amide bonds. The number of aryl methyl sites for hydroxylation is 1. The molecule has 5 heteroatoms. The van der Waals surface area contributed by atoms with Crippen molar-refractivity contribution in [2.45, 2.75) is 52.4 Å². The molecular weight excluding hydrogens is 695 g/mol. The van der Waals surface area contributed by atoms with Gasteiger partial charge in [-0.1, -0.05) is 168 Å². The molecule has 0 saturated heterocycles. The molecule has 1 unspecified atom stereocenters. The highest BCUT2D eigenvalue weighted by molar-refractivity contribution is 6.36. The van der Waals surface area contributed by atoms with Gasteiger partial charge in [0.15, 0.2) is 11.6 Å². The van der Waals surface area contributed by atoms with Crippen molar-refractivity contribution in [3.05, 3.63) is 162 Å². The summed E-state index contributed by atoms with van der Waals surface area (Å²) in [5, 5.41) is 7.18. The first-order chi connectivity index (χ1) is 27.6. The second kappa shape index (κ2) is 12.0. The number of hydrogen-bond donors (Lipinski definition) is 0. The lowest BCUT2D eigenvalue weighted by molar-refractivity contribution is 0.264. The monoisotopic (exact) mass is 737 g/mol. The predicted octanol–water partition coefficient (Wildman–Crippen LogP) is 13.1. The van der Waals surface area contributed by atoms with Gasteiger partial charge in [-0.2, -0.15) is 9.97 Å². The Morgan fingerprint density at radius 2 is 1.04 bits per heavy atom. The molecule has 0 bridgehead atoms. The van der Waals surface area contributed by atoms with Crippen molar-refractivity contribution in [2.75, 3.05) is 0 Å². The number of benzene rings is 7. The van der Waals surface area contributed by atoms with E-state index in [2.05, 4.69) is 178 Å². The fourth-order valence-corrected chi connectivity index (χ4v) is 10.2. The minimum Gasteiger partial charge on any atom is -0.308 e. The molecule has 0 radical (unpaired) electrons. The molecule has 11 rings (SSSR count). The summed E-state index contributed by atoms with van der Waals surface area (Å²) in [5.74, 6) is 2.32. The first-order valence-corrected chi connectivity index (χ1v) is 20.0. The molecule has 1 aliphatic rings. The zero-order valence-electron chi connectivity index (χ0n) is 33.2. The summed E-state index contributed by atoms with van der Waals surface area (Å²) >= 11 is 0. The molecule has 0 N–H and O–H groups in total. The van der Waals surface area contributed by atoms with Gasteiger partial charge in [-0.05, 0) is 58.4 Å². The van der Waals surface area contributed by atoms with Gasteiger partial charge in [0.25, 0.3) is 0 Å². The van der Waals surface area contributed by atoms with Crippen LogP contribution in [0.1, 0.15) is 51.3 Å². The molecule has 3 aromatic heterocycles. The van der Waals surface area contributed by atoms with Crippen LogP contribution in [-0.2, 0) is 10.8 Å². The molecule has 3 heterocycles. The van der Waals surface area contributed by atoms with E-state index in [1.54, 1.807) is 0 Å². The van der Waals surface area contributed by atoms with Crippen LogP contribution in [0.15, 0.2) is 146 Å². The van der Waals surface area contributed by atoms with Crippen LogP contribution in [0.2, 0.25) is 0 Å².